The van der Waals surface area contributed by atoms with E-state index in [1.165, 1.54) is 17.3 Å². The summed E-state index contributed by atoms with van der Waals surface area (Å²) in [6.07, 6.45) is 2.52. The molecular weight excluding hydrogens is 378 g/mol. The van der Waals surface area contributed by atoms with Crippen LogP contribution in [0.2, 0.25) is 0 Å². The molecule has 1 saturated heterocycles. The second-order valence-corrected chi connectivity index (χ2v) is 7.28. The molecule has 0 radical (unpaired) electrons. The van der Waals surface area contributed by atoms with Gasteiger partial charge in [0, 0.05) is 42.7 Å². The molecule has 3 rings (SSSR count). The van der Waals surface area contributed by atoms with Crippen LogP contribution in [-0.2, 0) is 0 Å². The van der Waals surface area contributed by atoms with Crippen LogP contribution in [0.5, 0.6) is 0 Å². The Bertz CT molecular complexity index is 912. The quantitative estimate of drug-likeness (QED) is 0.437. The summed E-state index contributed by atoms with van der Waals surface area (Å²) in [7, 11) is 0. The van der Waals surface area contributed by atoms with Crippen LogP contribution in [0.3, 0.4) is 0 Å². The lowest BCUT2D eigenvalue weighted by molar-refractivity contribution is -0.0118. The highest BCUT2D eigenvalue weighted by molar-refractivity contribution is 5.88. The number of benzene rings is 1. The van der Waals surface area contributed by atoms with Crippen molar-refractivity contribution in [3.63, 3.8) is 0 Å². The number of nitrogens with one attached hydrogen (secondary N) is 2. The minimum Gasteiger partial charge on any atom is -0.398 e. The number of rotatable bonds is 6. The van der Waals surface area contributed by atoms with Gasteiger partial charge in [0.05, 0.1) is 18.2 Å². The first kappa shape index (κ1) is 20.8. The van der Waals surface area contributed by atoms with Crippen molar-refractivity contribution >= 4 is 23.9 Å². The van der Waals surface area contributed by atoms with Crippen LogP contribution in [0.25, 0.3) is 0 Å². The smallest absolute Gasteiger partial charge is 0.265 e. The van der Waals surface area contributed by atoms with Crippen molar-refractivity contribution in [2.45, 2.75) is 37.7 Å². The van der Waals surface area contributed by atoms with Crippen LogP contribution < -0.4 is 10.6 Å². The van der Waals surface area contributed by atoms with Gasteiger partial charge in [0.1, 0.15) is 18.2 Å². The van der Waals surface area contributed by atoms with Crippen LogP contribution in [0.15, 0.2) is 24.5 Å². The van der Waals surface area contributed by atoms with E-state index in [2.05, 4.69) is 9.97 Å². The highest BCUT2D eigenvalue weighted by Crippen LogP contribution is 2.33. The number of nitrogens with zero attached hydrogens (tertiary/aromatic N) is 3. The predicted molar refractivity (Wildman–Crippen MR) is 108 cm³/mol. The van der Waals surface area contributed by atoms with E-state index in [1.807, 2.05) is 0 Å². The summed E-state index contributed by atoms with van der Waals surface area (Å²) in [5.41, 5.74) is 8.53. The Morgan fingerprint density at radius 2 is 1.97 bits per heavy atom. The Balaban J connectivity index is 1.96. The van der Waals surface area contributed by atoms with Gasteiger partial charge in [-0.1, -0.05) is 6.07 Å². The molecule has 5 N–H and O–H groups in total. The van der Waals surface area contributed by atoms with Crippen LogP contribution in [0.1, 0.15) is 47.2 Å². The highest BCUT2D eigenvalue weighted by atomic mass is 19.3. The lowest BCUT2D eigenvalue weighted by Gasteiger charge is -2.33. The number of hydrogen-bond donors (Lipinski definition) is 4. The third-order valence-corrected chi connectivity index (χ3v) is 5.15. The minimum atomic E-state index is -2.77. The number of nitrogens with two attached hydrogens (primary N) is 1. The van der Waals surface area contributed by atoms with E-state index >= 15 is 0 Å². The van der Waals surface area contributed by atoms with Crippen LogP contribution in [0, 0.1) is 17.7 Å². The molecule has 1 aliphatic rings. The van der Waals surface area contributed by atoms with E-state index in [-0.39, 0.29) is 12.1 Å². The number of piperidine rings is 1. The van der Waals surface area contributed by atoms with E-state index in [0.717, 1.165) is 12.4 Å². The summed E-state index contributed by atoms with van der Waals surface area (Å²) < 4.78 is 27.5. The number of aromatic nitrogens is 2. The van der Waals surface area contributed by atoms with Crippen molar-refractivity contribution in [3.8, 4) is 0 Å². The maximum absolute atomic E-state index is 13.8. The van der Waals surface area contributed by atoms with E-state index in [0.29, 0.717) is 41.2 Å². The molecule has 154 valence electrons. The van der Waals surface area contributed by atoms with Gasteiger partial charge in [0.2, 0.25) is 0 Å². The Morgan fingerprint density at radius 3 is 2.62 bits per heavy atom. The maximum atomic E-state index is 13.8. The van der Waals surface area contributed by atoms with Gasteiger partial charge in [-0.3, -0.25) is 0 Å². The molecule has 1 aliphatic heterocycles. The molecule has 1 atom stereocenters. The summed E-state index contributed by atoms with van der Waals surface area (Å²) in [5.74, 6) is -2.97. The third kappa shape index (κ3) is 4.40. The molecule has 1 fully saturated rings. The zero-order valence-corrected chi connectivity index (χ0v) is 16.1. The largest absolute Gasteiger partial charge is 0.398 e. The molecule has 1 unspecified atom stereocenters. The topological polar surface area (TPSA) is 123 Å². The van der Waals surface area contributed by atoms with E-state index in [4.69, 9.17) is 16.6 Å². The summed E-state index contributed by atoms with van der Waals surface area (Å²) in [6, 6.07) is 4.91. The van der Waals surface area contributed by atoms with Gasteiger partial charge in [0.25, 0.3) is 5.92 Å². The first-order valence-corrected chi connectivity index (χ1v) is 9.29. The molecule has 0 aliphatic carbocycles. The Morgan fingerprint density at radius 1 is 1.24 bits per heavy atom. The first-order valence-electron chi connectivity index (χ1n) is 9.29. The summed E-state index contributed by atoms with van der Waals surface area (Å²) in [6.45, 7) is 1.82. The lowest BCUT2D eigenvalue weighted by atomic mass is 9.92. The van der Waals surface area contributed by atoms with Crippen LogP contribution in [0.4, 0.5) is 20.3 Å². The Kier molecular flexibility index (Phi) is 5.88. The SMILES string of the molecule is Cc1cc(C(C=N)C=N)cc(C(O)c2cc(N3CCCC(F)(F)C3)ncn2)c1N. The molecule has 1 aromatic heterocycles. The fourth-order valence-electron chi connectivity index (χ4n) is 3.52. The summed E-state index contributed by atoms with van der Waals surface area (Å²) in [4.78, 5) is 9.70. The minimum absolute atomic E-state index is 0.145. The molecule has 1 aromatic carbocycles. The third-order valence-electron chi connectivity index (χ3n) is 5.15. The van der Waals surface area contributed by atoms with Gasteiger partial charge in [-0.2, -0.15) is 0 Å². The van der Waals surface area contributed by atoms with Gasteiger partial charge in [-0.15, -0.1) is 0 Å². The van der Waals surface area contributed by atoms with Gasteiger partial charge in [0.15, 0.2) is 0 Å². The van der Waals surface area contributed by atoms with Crippen molar-refractivity contribution in [1.29, 1.82) is 10.8 Å². The fourth-order valence-corrected chi connectivity index (χ4v) is 3.52. The number of aliphatic hydroxyl groups excluding tert-OH is 1. The van der Waals surface area contributed by atoms with Gasteiger partial charge < -0.3 is 26.6 Å². The summed E-state index contributed by atoms with van der Waals surface area (Å²) in [5, 5.41) is 25.9. The van der Waals surface area contributed by atoms with Gasteiger partial charge >= 0.3 is 0 Å². The molecule has 9 heteroatoms. The number of aryl methyl sites for hydroxylation is 1. The van der Waals surface area contributed by atoms with Crippen molar-refractivity contribution in [3.05, 3.63) is 46.9 Å². The number of hydrogen-bond acceptors (Lipinski definition) is 7. The van der Waals surface area contributed by atoms with Crippen LogP contribution in [-0.4, -0.2) is 46.5 Å². The van der Waals surface area contributed by atoms with E-state index < -0.39 is 24.5 Å². The van der Waals surface area contributed by atoms with Gasteiger partial charge in [-0.25, -0.2) is 18.7 Å². The zero-order chi connectivity index (χ0) is 21.2. The van der Waals surface area contributed by atoms with E-state index in [9.17, 15) is 13.9 Å². The number of aliphatic hydroxyl groups is 1. The number of halogens is 2. The van der Waals surface area contributed by atoms with Crippen molar-refractivity contribution < 1.29 is 13.9 Å². The summed E-state index contributed by atoms with van der Waals surface area (Å²) >= 11 is 0. The Labute approximate surface area is 167 Å². The monoisotopic (exact) mass is 402 g/mol. The first-order chi connectivity index (χ1) is 13.8. The predicted octanol–water partition coefficient (Wildman–Crippen LogP) is 3.07. The number of anilines is 2. The molecule has 0 saturated carbocycles. The number of nitrogen functional groups attached to an aromatic ring is 1. The average molecular weight is 402 g/mol. The average Bonchev–Trinajstić information content (AvgIpc) is 2.70. The maximum Gasteiger partial charge on any atom is 0.265 e. The molecule has 0 bridgehead atoms. The van der Waals surface area contributed by atoms with E-state index in [1.54, 1.807) is 19.1 Å². The number of alkyl halides is 2. The van der Waals surface area contributed by atoms with Crippen molar-refractivity contribution in [1.82, 2.24) is 9.97 Å². The Hall–Kier alpha value is -2.94. The normalized spacial score (nSPS) is 18.1. The molecule has 2 heterocycles. The zero-order valence-electron chi connectivity index (χ0n) is 16.1. The highest BCUT2D eigenvalue weighted by Gasteiger charge is 2.36. The van der Waals surface area contributed by atoms with Gasteiger partial charge in [-0.05, 0) is 30.5 Å². The fraction of sp³-hybridized carbons (Fsp3) is 0.400. The van der Waals surface area contributed by atoms with Crippen molar-refractivity contribution in [2.24, 2.45) is 0 Å². The second-order valence-electron chi connectivity index (χ2n) is 7.28. The molecular formula is C20H24F2N6O. The molecule has 7 nitrogen and oxygen atoms in total. The molecule has 29 heavy (non-hydrogen) atoms. The van der Waals surface area contributed by atoms with Crippen LogP contribution >= 0.6 is 0 Å². The van der Waals surface area contributed by atoms with Crippen molar-refractivity contribution in [2.75, 3.05) is 23.7 Å². The molecule has 2 aromatic rings. The lowest BCUT2D eigenvalue weighted by Crippen LogP contribution is -2.43. The standard InChI is InChI=1S/C20H24F2N6O/c1-12-5-13(14(8-23)9-24)6-15(18(12)25)19(29)16-7-17(27-11-26-16)28-4-2-3-20(21,22)10-28/h5-9,11,14,19,23-24,29H,2-4,10,25H2,1H3. The molecule has 0 spiro atoms. The second kappa shape index (κ2) is 8.20. The molecule has 0 amide bonds.